The first kappa shape index (κ1) is 26.6. The number of halogens is 3. The molecule has 2 heterocycles. The number of aromatic nitrogens is 2. The third kappa shape index (κ3) is 4.92. The molecule has 0 radical (unpaired) electrons. The van der Waals surface area contributed by atoms with Crippen LogP contribution in [0.5, 0.6) is 0 Å². The van der Waals surface area contributed by atoms with Crippen molar-refractivity contribution in [1.82, 2.24) is 9.97 Å². The molecule has 38 heavy (non-hydrogen) atoms. The lowest BCUT2D eigenvalue weighted by Crippen LogP contribution is -2.44. The average molecular weight is 531 g/mol. The molecule has 2 aliphatic rings. The van der Waals surface area contributed by atoms with Crippen LogP contribution in [0.4, 0.5) is 24.7 Å². The third-order valence-corrected chi connectivity index (χ3v) is 7.42. The molecule has 0 spiro atoms. The zero-order chi connectivity index (χ0) is 27.0. The van der Waals surface area contributed by atoms with Gasteiger partial charge in [0.05, 0.1) is 36.4 Å². The predicted molar refractivity (Wildman–Crippen MR) is 140 cm³/mol. The van der Waals surface area contributed by atoms with Gasteiger partial charge in [0.1, 0.15) is 24.1 Å². The molecule has 0 bridgehead atoms. The quantitative estimate of drug-likeness (QED) is 0.438. The van der Waals surface area contributed by atoms with E-state index in [1.807, 2.05) is 6.92 Å². The number of rotatable bonds is 8. The Kier molecular flexibility index (Phi) is 7.48. The van der Waals surface area contributed by atoms with Crippen molar-refractivity contribution in [3.8, 4) is 0 Å². The first-order chi connectivity index (χ1) is 18.2. The molecule has 1 aliphatic carbocycles. The number of aryl methyl sites for hydroxylation is 2. The minimum atomic E-state index is -3.67. The van der Waals surface area contributed by atoms with Crippen LogP contribution >= 0.6 is 0 Å². The van der Waals surface area contributed by atoms with Crippen LogP contribution < -0.4 is 10.2 Å². The van der Waals surface area contributed by atoms with E-state index in [0.29, 0.717) is 31.4 Å². The minimum absolute atomic E-state index is 0.0271. The van der Waals surface area contributed by atoms with E-state index in [4.69, 9.17) is 19.6 Å². The van der Waals surface area contributed by atoms with Crippen molar-refractivity contribution < 1.29 is 27.8 Å². The van der Waals surface area contributed by atoms with Crippen molar-refractivity contribution in [3.63, 3.8) is 0 Å². The standard InChI is InChI=1S/C28H33F3N4O3/c1-16(19-6-5-9-23(25(19)29)28(30,31)15-36)32-27-22-12-24(35-10-11-38-18(13-35)14-37-3)20-7-4-8-21(20)26(22)33-17(2)34-27/h5-6,9,12,16,18,36H,4,7-8,10-11,13-15H2,1-3H3,(H,32,33,34)/t16?,18-/m1/s1. The van der Waals surface area contributed by atoms with E-state index in [0.717, 1.165) is 48.5 Å². The smallest absolute Gasteiger partial charge is 0.298 e. The Hall–Kier alpha value is -2.95. The number of methoxy groups -OCH3 is 1. The van der Waals surface area contributed by atoms with Crippen molar-refractivity contribution in [3.05, 3.63) is 58.2 Å². The maximum Gasteiger partial charge on any atom is 0.298 e. The summed E-state index contributed by atoms with van der Waals surface area (Å²) in [6.07, 6.45) is 2.88. The summed E-state index contributed by atoms with van der Waals surface area (Å²) < 4.78 is 54.7. The van der Waals surface area contributed by atoms with Gasteiger partial charge in [0.25, 0.3) is 5.92 Å². The number of nitrogens with one attached hydrogen (secondary N) is 1. The Bertz CT molecular complexity index is 1330. The monoisotopic (exact) mass is 530 g/mol. The summed E-state index contributed by atoms with van der Waals surface area (Å²) in [5.74, 6) is -3.62. The van der Waals surface area contributed by atoms with Gasteiger partial charge in [-0.3, -0.25) is 0 Å². The van der Waals surface area contributed by atoms with Gasteiger partial charge in [0.2, 0.25) is 0 Å². The summed E-state index contributed by atoms with van der Waals surface area (Å²) in [6, 6.07) is 5.26. The highest BCUT2D eigenvalue weighted by molar-refractivity contribution is 5.96. The largest absolute Gasteiger partial charge is 0.390 e. The molecular weight excluding hydrogens is 497 g/mol. The first-order valence-electron chi connectivity index (χ1n) is 13.0. The first-order valence-corrected chi connectivity index (χ1v) is 13.0. The maximum atomic E-state index is 15.2. The molecule has 2 N–H and O–H groups in total. The Morgan fingerprint density at radius 2 is 2.05 bits per heavy atom. The zero-order valence-corrected chi connectivity index (χ0v) is 21.9. The molecule has 2 aromatic carbocycles. The molecule has 1 aromatic heterocycles. The molecule has 1 saturated heterocycles. The zero-order valence-electron chi connectivity index (χ0n) is 21.9. The number of ether oxygens (including phenoxy) is 2. The van der Waals surface area contributed by atoms with E-state index in [9.17, 15) is 8.78 Å². The number of morpholine rings is 1. The molecule has 2 atom stereocenters. The normalized spacial score (nSPS) is 18.6. The van der Waals surface area contributed by atoms with Crippen LogP contribution in [0.3, 0.4) is 0 Å². The molecule has 0 saturated carbocycles. The average Bonchev–Trinajstić information content (AvgIpc) is 3.39. The molecule has 7 nitrogen and oxygen atoms in total. The van der Waals surface area contributed by atoms with Crippen molar-refractivity contribution in [2.45, 2.75) is 51.2 Å². The number of aliphatic hydroxyl groups excluding tert-OH is 1. The van der Waals surface area contributed by atoms with E-state index < -0.39 is 30.0 Å². The summed E-state index contributed by atoms with van der Waals surface area (Å²) in [4.78, 5) is 11.7. The van der Waals surface area contributed by atoms with Crippen LogP contribution in [-0.4, -0.2) is 61.2 Å². The highest BCUT2D eigenvalue weighted by atomic mass is 19.3. The van der Waals surface area contributed by atoms with Crippen molar-refractivity contribution in [2.75, 3.05) is 50.2 Å². The summed E-state index contributed by atoms with van der Waals surface area (Å²) in [7, 11) is 1.66. The number of hydrogen-bond acceptors (Lipinski definition) is 7. The SMILES string of the molecule is COC[C@H]1CN(c2cc3c(NC(C)c4cccc(C(F)(F)CO)c4F)nc(C)nc3c3c2CCC3)CCO1. The Balaban J connectivity index is 1.56. The van der Waals surface area contributed by atoms with E-state index in [1.54, 1.807) is 14.0 Å². The van der Waals surface area contributed by atoms with Crippen molar-refractivity contribution >= 4 is 22.4 Å². The molecular formula is C28H33F3N4O3. The van der Waals surface area contributed by atoms with Crippen LogP contribution in [0.2, 0.25) is 0 Å². The highest BCUT2D eigenvalue weighted by Gasteiger charge is 2.35. The highest BCUT2D eigenvalue weighted by Crippen LogP contribution is 2.40. The van der Waals surface area contributed by atoms with Crippen molar-refractivity contribution in [2.24, 2.45) is 0 Å². The van der Waals surface area contributed by atoms with E-state index in [-0.39, 0.29) is 11.7 Å². The van der Waals surface area contributed by atoms with E-state index >= 15 is 4.39 Å². The molecule has 10 heteroatoms. The van der Waals surface area contributed by atoms with Crippen LogP contribution in [0.15, 0.2) is 24.3 Å². The summed E-state index contributed by atoms with van der Waals surface area (Å²) in [6.45, 7) is 4.61. The van der Waals surface area contributed by atoms with Gasteiger partial charge in [-0.05, 0) is 56.4 Å². The van der Waals surface area contributed by atoms with Crippen LogP contribution in [0.25, 0.3) is 10.9 Å². The second-order valence-electron chi connectivity index (χ2n) is 10.1. The molecule has 5 rings (SSSR count). The number of fused-ring (bicyclic) bond motifs is 3. The topological polar surface area (TPSA) is 79.7 Å². The van der Waals surface area contributed by atoms with Gasteiger partial charge in [0, 0.05) is 36.8 Å². The fraction of sp³-hybridized carbons (Fsp3) is 0.500. The fourth-order valence-corrected chi connectivity index (χ4v) is 5.61. The van der Waals surface area contributed by atoms with Gasteiger partial charge < -0.3 is 24.8 Å². The lowest BCUT2D eigenvalue weighted by Gasteiger charge is -2.35. The number of aliphatic hydroxyl groups is 1. The Morgan fingerprint density at radius 3 is 2.82 bits per heavy atom. The number of alkyl halides is 2. The number of hydrogen-bond donors (Lipinski definition) is 2. The molecule has 3 aromatic rings. The summed E-state index contributed by atoms with van der Waals surface area (Å²) in [5, 5.41) is 13.2. The van der Waals surface area contributed by atoms with Gasteiger partial charge in [-0.1, -0.05) is 12.1 Å². The molecule has 0 amide bonds. The number of anilines is 2. The Labute approximate surface area is 220 Å². The minimum Gasteiger partial charge on any atom is -0.390 e. The van der Waals surface area contributed by atoms with Crippen LogP contribution in [0.1, 0.15) is 47.5 Å². The number of benzene rings is 2. The lowest BCUT2D eigenvalue weighted by atomic mass is 9.99. The number of nitrogens with zero attached hydrogens (tertiary/aromatic N) is 3. The molecule has 204 valence electrons. The van der Waals surface area contributed by atoms with Gasteiger partial charge >= 0.3 is 0 Å². The second kappa shape index (κ2) is 10.7. The van der Waals surface area contributed by atoms with Gasteiger partial charge in [-0.15, -0.1) is 0 Å². The molecule has 1 fully saturated rings. The second-order valence-corrected chi connectivity index (χ2v) is 10.1. The van der Waals surface area contributed by atoms with Crippen LogP contribution in [-0.2, 0) is 28.2 Å². The van der Waals surface area contributed by atoms with E-state index in [2.05, 4.69) is 21.3 Å². The predicted octanol–water partition coefficient (Wildman–Crippen LogP) is 4.67. The molecule has 1 unspecified atom stereocenters. The fourth-order valence-electron chi connectivity index (χ4n) is 5.61. The lowest BCUT2D eigenvalue weighted by molar-refractivity contribution is -0.0583. The third-order valence-electron chi connectivity index (χ3n) is 7.42. The van der Waals surface area contributed by atoms with Gasteiger partial charge in [-0.2, -0.15) is 8.78 Å². The van der Waals surface area contributed by atoms with E-state index in [1.165, 1.54) is 23.3 Å². The summed E-state index contributed by atoms with van der Waals surface area (Å²) >= 11 is 0. The maximum absolute atomic E-state index is 15.2. The van der Waals surface area contributed by atoms with Gasteiger partial charge in [-0.25, -0.2) is 14.4 Å². The summed E-state index contributed by atoms with van der Waals surface area (Å²) in [5.41, 5.74) is 3.71. The van der Waals surface area contributed by atoms with Crippen molar-refractivity contribution in [1.29, 1.82) is 0 Å². The van der Waals surface area contributed by atoms with Crippen LogP contribution in [0, 0.1) is 12.7 Å². The Morgan fingerprint density at radius 1 is 1.26 bits per heavy atom. The van der Waals surface area contributed by atoms with Gasteiger partial charge in [0.15, 0.2) is 0 Å². The molecule has 1 aliphatic heterocycles.